The second-order valence-corrected chi connectivity index (χ2v) is 9.10. The molecule has 0 atom stereocenters. The molecule has 0 saturated carbocycles. The van der Waals surface area contributed by atoms with Gasteiger partial charge in [0.1, 0.15) is 5.75 Å². The molecule has 0 aromatic heterocycles. The lowest BCUT2D eigenvalue weighted by Gasteiger charge is -2.30. The first-order valence-electron chi connectivity index (χ1n) is 11.5. The standard InChI is InChI=1S/C30H26ClNO2/c1-34-27-14-11-21(12-15-27)20-32(26-17-23-9-5-6-10-24(23)18-26)30(33)29-19-25(31)13-16-28(29)22-7-3-2-4-8-22/h2-16,19,26H,17-18,20H2,1H3. The van der Waals surface area contributed by atoms with Gasteiger partial charge in [-0.1, -0.05) is 84.4 Å². The Morgan fingerprint density at radius 3 is 2.18 bits per heavy atom. The Morgan fingerprint density at radius 2 is 1.53 bits per heavy atom. The van der Waals surface area contributed by atoms with Crippen LogP contribution < -0.4 is 4.74 Å². The van der Waals surface area contributed by atoms with Crippen LogP contribution in [0, 0.1) is 0 Å². The van der Waals surface area contributed by atoms with Crippen molar-refractivity contribution in [2.75, 3.05) is 7.11 Å². The largest absolute Gasteiger partial charge is 0.497 e. The van der Waals surface area contributed by atoms with Gasteiger partial charge in [-0.2, -0.15) is 0 Å². The van der Waals surface area contributed by atoms with E-state index >= 15 is 0 Å². The first-order chi connectivity index (χ1) is 16.6. The number of rotatable bonds is 6. The third kappa shape index (κ3) is 4.57. The Bertz CT molecular complexity index is 1280. The highest BCUT2D eigenvalue weighted by atomic mass is 35.5. The van der Waals surface area contributed by atoms with E-state index in [0.717, 1.165) is 35.3 Å². The van der Waals surface area contributed by atoms with E-state index in [1.807, 2.05) is 71.6 Å². The zero-order chi connectivity index (χ0) is 23.5. The molecule has 1 amide bonds. The second-order valence-electron chi connectivity index (χ2n) is 8.67. The monoisotopic (exact) mass is 467 g/mol. The maximum absolute atomic E-state index is 14.2. The Morgan fingerprint density at radius 1 is 0.882 bits per heavy atom. The van der Waals surface area contributed by atoms with Crippen LogP contribution in [0.4, 0.5) is 0 Å². The molecule has 0 N–H and O–H groups in total. The number of carbonyl (C=O) groups excluding carboxylic acids is 1. The van der Waals surface area contributed by atoms with Crippen molar-refractivity contribution in [2.45, 2.75) is 25.4 Å². The van der Waals surface area contributed by atoms with Gasteiger partial charge in [-0.3, -0.25) is 4.79 Å². The van der Waals surface area contributed by atoms with Crippen molar-refractivity contribution in [3.63, 3.8) is 0 Å². The number of methoxy groups -OCH3 is 1. The number of hydrogen-bond acceptors (Lipinski definition) is 2. The average Bonchev–Trinajstić information content (AvgIpc) is 3.32. The summed E-state index contributed by atoms with van der Waals surface area (Å²) in [5, 5.41) is 0.558. The van der Waals surface area contributed by atoms with Crippen molar-refractivity contribution < 1.29 is 9.53 Å². The van der Waals surface area contributed by atoms with Gasteiger partial charge in [-0.15, -0.1) is 0 Å². The van der Waals surface area contributed by atoms with Gasteiger partial charge in [0.05, 0.1) is 7.11 Å². The van der Waals surface area contributed by atoms with Gasteiger partial charge in [0, 0.05) is 23.2 Å². The van der Waals surface area contributed by atoms with Gasteiger partial charge in [-0.05, 0) is 64.9 Å². The van der Waals surface area contributed by atoms with E-state index in [4.69, 9.17) is 16.3 Å². The molecule has 1 aliphatic rings. The normalized spacial score (nSPS) is 12.9. The van der Waals surface area contributed by atoms with Gasteiger partial charge in [0.15, 0.2) is 0 Å². The van der Waals surface area contributed by atoms with Crippen molar-refractivity contribution >= 4 is 17.5 Å². The highest BCUT2D eigenvalue weighted by Crippen LogP contribution is 2.32. The van der Waals surface area contributed by atoms with Gasteiger partial charge in [-0.25, -0.2) is 0 Å². The summed E-state index contributed by atoms with van der Waals surface area (Å²) in [6.07, 6.45) is 1.69. The second kappa shape index (κ2) is 9.74. The smallest absolute Gasteiger partial charge is 0.255 e. The maximum Gasteiger partial charge on any atom is 0.255 e. The molecule has 1 aliphatic carbocycles. The fraction of sp³-hybridized carbons (Fsp3) is 0.167. The number of ether oxygens (including phenoxy) is 1. The zero-order valence-electron chi connectivity index (χ0n) is 19.1. The maximum atomic E-state index is 14.2. The van der Waals surface area contributed by atoms with Gasteiger partial charge < -0.3 is 9.64 Å². The highest BCUT2D eigenvalue weighted by molar-refractivity contribution is 6.31. The first kappa shape index (κ1) is 22.2. The molecule has 4 heteroatoms. The molecular weight excluding hydrogens is 442 g/mol. The van der Waals surface area contributed by atoms with E-state index in [9.17, 15) is 4.79 Å². The van der Waals surface area contributed by atoms with Crippen LogP contribution in [0.3, 0.4) is 0 Å². The third-order valence-corrected chi connectivity index (χ3v) is 6.77. The van der Waals surface area contributed by atoms with Crippen molar-refractivity contribution in [3.8, 4) is 16.9 Å². The average molecular weight is 468 g/mol. The van der Waals surface area contributed by atoms with Crippen LogP contribution in [0.2, 0.25) is 5.02 Å². The summed E-state index contributed by atoms with van der Waals surface area (Å²) in [4.78, 5) is 16.2. The summed E-state index contributed by atoms with van der Waals surface area (Å²) in [5.74, 6) is 0.797. The molecule has 3 nitrogen and oxygen atoms in total. The van der Waals surface area contributed by atoms with Crippen LogP contribution in [0.1, 0.15) is 27.0 Å². The number of fused-ring (bicyclic) bond motifs is 1. The van der Waals surface area contributed by atoms with Crippen molar-refractivity contribution in [3.05, 3.63) is 124 Å². The predicted molar refractivity (Wildman–Crippen MR) is 137 cm³/mol. The topological polar surface area (TPSA) is 29.5 Å². The number of carbonyl (C=O) groups is 1. The molecule has 0 bridgehead atoms. The minimum Gasteiger partial charge on any atom is -0.497 e. The molecule has 4 aromatic carbocycles. The van der Waals surface area contributed by atoms with Crippen LogP contribution in [0.25, 0.3) is 11.1 Å². The van der Waals surface area contributed by atoms with E-state index in [1.54, 1.807) is 13.2 Å². The molecule has 0 aliphatic heterocycles. The van der Waals surface area contributed by atoms with Gasteiger partial charge in [0.25, 0.3) is 5.91 Å². The van der Waals surface area contributed by atoms with Crippen LogP contribution in [0.5, 0.6) is 5.75 Å². The van der Waals surface area contributed by atoms with E-state index in [-0.39, 0.29) is 11.9 Å². The van der Waals surface area contributed by atoms with Crippen LogP contribution >= 0.6 is 11.6 Å². The lowest BCUT2D eigenvalue weighted by atomic mass is 9.97. The molecule has 0 fully saturated rings. The molecule has 170 valence electrons. The highest BCUT2D eigenvalue weighted by Gasteiger charge is 2.31. The van der Waals surface area contributed by atoms with E-state index in [0.29, 0.717) is 17.1 Å². The molecule has 0 unspecified atom stereocenters. The fourth-order valence-corrected chi connectivity index (χ4v) is 4.94. The molecule has 0 heterocycles. The van der Waals surface area contributed by atoms with Crippen LogP contribution in [0.15, 0.2) is 97.1 Å². The van der Waals surface area contributed by atoms with E-state index < -0.39 is 0 Å². The van der Waals surface area contributed by atoms with Crippen molar-refractivity contribution in [1.29, 1.82) is 0 Å². The minimum atomic E-state index is -0.00465. The molecule has 4 aromatic rings. The molecule has 0 spiro atoms. The zero-order valence-corrected chi connectivity index (χ0v) is 19.8. The minimum absolute atomic E-state index is 0.00465. The Balaban J connectivity index is 1.54. The summed E-state index contributed by atoms with van der Waals surface area (Å²) in [5.41, 5.74) is 6.22. The SMILES string of the molecule is COc1ccc(CN(C(=O)c2cc(Cl)ccc2-c2ccccc2)C2Cc3ccccc3C2)cc1. The summed E-state index contributed by atoms with van der Waals surface area (Å²) < 4.78 is 5.32. The quantitative estimate of drug-likeness (QED) is 0.311. The van der Waals surface area contributed by atoms with Gasteiger partial charge in [0.2, 0.25) is 0 Å². The van der Waals surface area contributed by atoms with Crippen molar-refractivity contribution in [2.24, 2.45) is 0 Å². The van der Waals surface area contributed by atoms with E-state index in [2.05, 4.69) is 24.3 Å². The van der Waals surface area contributed by atoms with Crippen LogP contribution in [-0.4, -0.2) is 24.0 Å². The Kier molecular flexibility index (Phi) is 6.37. The van der Waals surface area contributed by atoms with Crippen molar-refractivity contribution in [1.82, 2.24) is 4.90 Å². The van der Waals surface area contributed by atoms with E-state index in [1.165, 1.54) is 11.1 Å². The number of hydrogen-bond donors (Lipinski definition) is 0. The molecule has 0 saturated heterocycles. The molecule has 0 radical (unpaired) electrons. The number of benzene rings is 4. The third-order valence-electron chi connectivity index (χ3n) is 6.54. The summed E-state index contributed by atoms with van der Waals surface area (Å²) in [6, 6.07) is 32.1. The molecular formula is C30H26ClNO2. The Labute approximate surface area is 205 Å². The first-order valence-corrected chi connectivity index (χ1v) is 11.9. The predicted octanol–water partition coefficient (Wildman–Crippen LogP) is 6.83. The molecule has 34 heavy (non-hydrogen) atoms. The molecule has 5 rings (SSSR count). The summed E-state index contributed by atoms with van der Waals surface area (Å²) >= 11 is 6.39. The lowest BCUT2D eigenvalue weighted by molar-refractivity contribution is 0.0668. The van der Waals surface area contributed by atoms with Crippen LogP contribution in [-0.2, 0) is 19.4 Å². The number of halogens is 1. The number of nitrogens with zero attached hydrogens (tertiary/aromatic N) is 1. The lowest BCUT2D eigenvalue weighted by Crippen LogP contribution is -2.40. The Hall–Kier alpha value is -3.56. The summed E-state index contributed by atoms with van der Waals surface area (Å²) in [6.45, 7) is 0.516. The summed E-state index contributed by atoms with van der Waals surface area (Å²) in [7, 11) is 1.66. The van der Waals surface area contributed by atoms with Gasteiger partial charge >= 0.3 is 0 Å². The number of amides is 1. The fourth-order valence-electron chi connectivity index (χ4n) is 4.77.